The second kappa shape index (κ2) is 7.53. The summed E-state index contributed by atoms with van der Waals surface area (Å²) in [6.07, 6.45) is 3.80. The first-order chi connectivity index (χ1) is 14.0. The number of thiophene rings is 1. The van der Waals surface area contributed by atoms with Gasteiger partial charge in [0.1, 0.15) is 15.5 Å². The van der Waals surface area contributed by atoms with Crippen LogP contribution in [-0.4, -0.2) is 36.7 Å². The number of rotatable bonds is 3. The number of ether oxygens (including phenoxy) is 2. The fourth-order valence-corrected chi connectivity index (χ4v) is 5.28. The number of benzene rings is 1. The Morgan fingerprint density at radius 2 is 1.83 bits per heavy atom. The van der Waals surface area contributed by atoms with Gasteiger partial charge in [0.25, 0.3) is 0 Å². The molecule has 0 amide bonds. The lowest BCUT2D eigenvalue weighted by Gasteiger charge is -2.40. The number of methoxy groups -OCH3 is 2. The van der Waals surface area contributed by atoms with Gasteiger partial charge in [-0.05, 0) is 30.0 Å². The summed E-state index contributed by atoms with van der Waals surface area (Å²) in [6.45, 7) is 1.84. The fraction of sp³-hybridized carbons (Fsp3) is 0.190. The molecule has 148 valence electrons. The van der Waals surface area contributed by atoms with E-state index in [9.17, 15) is 9.59 Å². The van der Waals surface area contributed by atoms with Crippen LogP contribution >= 0.6 is 23.1 Å². The molecule has 0 radical (unpaired) electrons. The minimum absolute atomic E-state index is 0.167. The standard InChI is InChI=1S/C21H18N2O4S2/c1-21-11-10-13-7-4-5-8-14(13)23(21)22-18(15-9-6-12-28-15)29-17(20(25)27-3)16(21)19(24)26-2/h4-12H,1-3H3. The number of para-hydroxylation sites is 1. The minimum atomic E-state index is -1.03. The van der Waals surface area contributed by atoms with E-state index in [4.69, 9.17) is 14.6 Å². The third-order valence-electron chi connectivity index (χ3n) is 4.81. The number of carbonyl (C=O) groups is 2. The van der Waals surface area contributed by atoms with Crippen molar-refractivity contribution in [3.63, 3.8) is 0 Å². The molecule has 0 bridgehead atoms. The Kier molecular flexibility index (Phi) is 5.06. The van der Waals surface area contributed by atoms with Gasteiger partial charge in [-0.1, -0.05) is 48.2 Å². The Hall–Kier alpha value is -2.84. The molecular formula is C21H18N2O4S2. The van der Waals surface area contributed by atoms with Gasteiger partial charge in [-0.25, -0.2) is 14.6 Å². The van der Waals surface area contributed by atoms with Crippen molar-refractivity contribution in [1.82, 2.24) is 0 Å². The maximum absolute atomic E-state index is 12.9. The number of fused-ring (bicyclic) bond motifs is 3. The molecule has 1 aromatic heterocycles. The fourth-order valence-electron chi connectivity index (χ4n) is 3.37. The molecule has 0 saturated heterocycles. The largest absolute Gasteiger partial charge is 0.466 e. The molecular weight excluding hydrogens is 408 g/mol. The molecule has 2 aliphatic heterocycles. The van der Waals surface area contributed by atoms with Crippen LogP contribution in [0.15, 0.2) is 63.4 Å². The smallest absolute Gasteiger partial charge is 0.345 e. The zero-order valence-electron chi connectivity index (χ0n) is 16.0. The van der Waals surface area contributed by atoms with E-state index in [1.807, 2.05) is 60.9 Å². The third kappa shape index (κ3) is 3.18. The summed E-state index contributed by atoms with van der Waals surface area (Å²) in [7, 11) is 2.60. The van der Waals surface area contributed by atoms with Crippen molar-refractivity contribution >= 4 is 51.8 Å². The lowest BCUT2D eigenvalue weighted by Crippen LogP contribution is -2.48. The van der Waals surface area contributed by atoms with Crippen molar-refractivity contribution in [2.45, 2.75) is 12.5 Å². The normalized spacial score (nSPS) is 20.4. The molecule has 1 aromatic carbocycles. The predicted octanol–water partition coefficient (Wildman–Crippen LogP) is 4.05. The zero-order valence-corrected chi connectivity index (χ0v) is 17.7. The number of carbonyl (C=O) groups excluding carboxylic acids is 2. The summed E-state index contributed by atoms with van der Waals surface area (Å²) in [5.74, 6) is -1.20. The van der Waals surface area contributed by atoms with E-state index in [1.165, 1.54) is 25.6 Å². The summed E-state index contributed by atoms with van der Waals surface area (Å²) in [4.78, 5) is 26.7. The molecule has 2 aromatic rings. The average molecular weight is 427 g/mol. The van der Waals surface area contributed by atoms with E-state index in [-0.39, 0.29) is 10.5 Å². The topological polar surface area (TPSA) is 68.2 Å². The minimum Gasteiger partial charge on any atom is -0.466 e. The van der Waals surface area contributed by atoms with Gasteiger partial charge in [0.2, 0.25) is 0 Å². The van der Waals surface area contributed by atoms with E-state index >= 15 is 0 Å². The van der Waals surface area contributed by atoms with E-state index in [0.717, 1.165) is 27.9 Å². The maximum atomic E-state index is 12.9. The quantitative estimate of drug-likeness (QED) is 0.690. The molecule has 1 atom stereocenters. The van der Waals surface area contributed by atoms with Gasteiger partial charge in [0.15, 0.2) is 0 Å². The second-order valence-electron chi connectivity index (χ2n) is 6.52. The summed E-state index contributed by atoms with van der Waals surface area (Å²) < 4.78 is 10.1. The lowest BCUT2D eigenvalue weighted by atomic mass is 9.85. The average Bonchev–Trinajstić information content (AvgIpc) is 3.23. The highest BCUT2D eigenvalue weighted by Gasteiger charge is 2.47. The van der Waals surface area contributed by atoms with Gasteiger partial charge < -0.3 is 9.47 Å². The number of hydrogen-bond acceptors (Lipinski definition) is 8. The molecule has 8 heteroatoms. The molecule has 0 fully saturated rings. The van der Waals surface area contributed by atoms with Gasteiger partial charge >= 0.3 is 11.9 Å². The monoisotopic (exact) mass is 426 g/mol. The molecule has 0 spiro atoms. The molecule has 0 N–H and O–H groups in total. The molecule has 29 heavy (non-hydrogen) atoms. The van der Waals surface area contributed by atoms with Crippen LogP contribution < -0.4 is 5.01 Å². The van der Waals surface area contributed by atoms with Crippen molar-refractivity contribution in [2.24, 2.45) is 5.10 Å². The van der Waals surface area contributed by atoms with Crippen molar-refractivity contribution in [3.8, 4) is 0 Å². The van der Waals surface area contributed by atoms with Gasteiger partial charge in [-0.3, -0.25) is 0 Å². The van der Waals surface area contributed by atoms with Crippen LogP contribution in [0.3, 0.4) is 0 Å². The van der Waals surface area contributed by atoms with Crippen LogP contribution in [0, 0.1) is 0 Å². The van der Waals surface area contributed by atoms with Crippen LogP contribution in [0.25, 0.3) is 6.08 Å². The molecule has 0 aliphatic carbocycles. The van der Waals surface area contributed by atoms with E-state index < -0.39 is 17.5 Å². The molecule has 0 saturated carbocycles. The van der Waals surface area contributed by atoms with Crippen molar-refractivity contribution in [2.75, 3.05) is 19.2 Å². The predicted molar refractivity (Wildman–Crippen MR) is 116 cm³/mol. The maximum Gasteiger partial charge on any atom is 0.345 e. The molecule has 6 nitrogen and oxygen atoms in total. The Balaban J connectivity index is 2.04. The molecule has 3 heterocycles. The third-order valence-corrected chi connectivity index (χ3v) is 6.88. The highest BCUT2D eigenvalue weighted by Crippen LogP contribution is 2.45. The van der Waals surface area contributed by atoms with E-state index in [2.05, 4.69) is 0 Å². The first-order valence-electron chi connectivity index (χ1n) is 8.80. The number of hydrazone groups is 1. The summed E-state index contributed by atoms with van der Waals surface area (Å²) in [6, 6.07) is 11.6. The Bertz CT molecular complexity index is 1070. The Labute approximate surface area is 176 Å². The number of esters is 2. The zero-order chi connectivity index (χ0) is 20.6. The first kappa shape index (κ1) is 19.5. The SMILES string of the molecule is COC(=O)C1=C(C(=O)OC)C2(C)C=Cc3ccccc3N2N=C(c2cccs2)S1. The summed E-state index contributed by atoms with van der Waals surface area (Å²) >= 11 is 2.63. The van der Waals surface area contributed by atoms with Crippen molar-refractivity contribution in [3.05, 3.63) is 68.8 Å². The number of thioether (sulfide) groups is 1. The highest BCUT2D eigenvalue weighted by atomic mass is 32.2. The summed E-state index contributed by atoms with van der Waals surface area (Å²) in [5, 5.41) is 9.23. The van der Waals surface area contributed by atoms with Crippen LogP contribution in [0.1, 0.15) is 17.4 Å². The van der Waals surface area contributed by atoms with Crippen LogP contribution in [0.5, 0.6) is 0 Å². The summed E-state index contributed by atoms with van der Waals surface area (Å²) in [5.41, 5.74) is 0.962. The number of hydrogen-bond donors (Lipinski definition) is 0. The number of nitrogens with zero attached hydrogens (tertiary/aromatic N) is 2. The van der Waals surface area contributed by atoms with Gasteiger partial charge in [-0.15, -0.1) is 11.3 Å². The van der Waals surface area contributed by atoms with E-state index in [1.54, 1.807) is 5.01 Å². The van der Waals surface area contributed by atoms with Crippen molar-refractivity contribution in [1.29, 1.82) is 0 Å². The second-order valence-corrected chi connectivity index (χ2v) is 8.47. The van der Waals surface area contributed by atoms with Crippen molar-refractivity contribution < 1.29 is 19.1 Å². The lowest BCUT2D eigenvalue weighted by molar-refractivity contribution is -0.139. The van der Waals surface area contributed by atoms with E-state index in [0.29, 0.717) is 5.04 Å². The van der Waals surface area contributed by atoms with Crippen LogP contribution in [0.2, 0.25) is 0 Å². The van der Waals surface area contributed by atoms with Crippen LogP contribution in [0.4, 0.5) is 5.69 Å². The number of anilines is 1. The molecule has 4 rings (SSSR count). The highest BCUT2D eigenvalue weighted by molar-refractivity contribution is 8.18. The Morgan fingerprint density at radius 1 is 1.07 bits per heavy atom. The van der Waals surface area contributed by atoms with Crippen LogP contribution in [-0.2, 0) is 19.1 Å². The first-order valence-corrected chi connectivity index (χ1v) is 10.5. The van der Waals surface area contributed by atoms with Gasteiger partial charge in [0, 0.05) is 0 Å². The van der Waals surface area contributed by atoms with Gasteiger partial charge in [0.05, 0.1) is 30.4 Å². The molecule has 2 aliphatic rings. The Morgan fingerprint density at radius 3 is 2.52 bits per heavy atom. The van der Waals surface area contributed by atoms with Gasteiger partial charge in [-0.2, -0.15) is 5.10 Å². The molecule has 1 unspecified atom stereocenters.